The van der Waals surface area contributed by atoms with E-state index in [4.69, 9.17) is 5.73 Å². The van der Waals surface area contributed by atoms with Gasteiger partial charge >= 0.3 is 0 Å². The Morgan fingerprint density at radius 2 is 2.11 bits per heavy atom. The molecule has 1 aromatic rings. The minimum Gasteiger partial charge on any atom is -0.397 e. The van der Waals surface area contributed by atoms with Crippen LogP contribution in [0.4, 0.5) is 11.5 Å². The number of aromatic nitrogens is 1. The molecule has 0 amide bonds. The minimum atomic E-state index is 0.306. The van der Waals surface area contributed by atoms with Gasteiger partial charge in [-0.05, 0) is 43.2 Å². The molecular formula is C14H23N3O. The molecule has 0 radical (unpaired) electrons. The SMILES string of the molecule is Cc1cc(NCC2CCCCC2CO)ncc1N. The summed E-state index contributed by atoms with van der Waals surface area (Å²) in [4.78, 5) is 4.28. The number of aliphatic hydroxyl groups is 1. The van der Waals surface area contributed by atoms with Crippen molar-refractivity contribution in [3.05, 3.63) is 17.8 Å². The molecule has 4 N–H and O–H groups in total. The number of aryl methyl sites for hydroxylation is 1. The van der Waals surface area contributed by atoms with Crippen molar-refractivity contribution in [2.45, 2.75) is 32.6 Å². The number of nitrogens with one attached hydrogen (secondary N) is 1. The number of nitrogens with zero attached hydrogens (tertiary/aromatic N) is 1. The van der Waals surface area contributed by atoms with Crippen molar-refractivity contribution < 1.29 is 5.11 Å². The van der Waals surface area contributed by atoms with E-state index in [1.165, 1.54) is 19.3 Å². The predicted octanol–water partition coefficient (Wildman–Crippen LogP) is 2.18. The third kappa shape index (κ3) is 3.13. The monoisotopic (exact) mass is 249 g/mol. The van der Waals surface area contributed by atoms with Gasteiger partial charge in [0.1, 0.15) is 5.82 Å². The molecule has 18 heavy (non-hydrogen) atoms. The van der Waals surface area contributed by atoms with Crippen molar-refractivity contribution in [3.63, 3.8) is 0 Å². The van der Waals surface area contributed by atoms with Crippen LogP contribution in [-0.4, -0.2) is 23.2 Å². The summed E-state index contributed by atoms with van der Waals surface area (Å²) in [5.74, 6) is 1.88. The zero-order valence-electron chi connectivity index (χ0n) is 11.0. The summed E-state index contributed by atoms with van der Waals surface area (Å²) in [5.41, 5.74) is 7.53. The number of hydrogen-bond donors (Lipinski definition) is 3. The van der Waals surface area contributed by atoms with Crippen molar-refractivity contribution in [1.82, 2.24) is 4.98 Å². The first-order valence-electron chi connectivity index (χ1n) is 6.77. The van der Waals surface area contributed by atoms with Crippen LogP contribution in [0.5, 0.6) is 0 Å². The van der Waals surface area contributed by atoms with E-state index in [1.54, 1.807) is 6.20 Å². The molecule has 1 aliphatic carbocycles. The Labute approximate surface area is 109 Å². The smallest absolute Gasteiger partial charge is 0.126 e. The lowest BCUT2D eigenvalue weighted by molar-refractivity contribution is 0.141. The van der Waals surface area contributed by atoms with Gasteiger partial charge in [-0.1, -0.05) is 12.8 Å². The molecular weight excluding hydrogens is 226 g/mol. The van der Waals surface area contributed by atoms with Gasteiger partial charge in [0.25, 0.3) is 0 Å². The second-order valence-electron chi connectivity index (χ2n) is 5.29. The third-order valence-corrected chi connectivity index (χ3v) is 4.00. The first-order chi connectivity index (χ1) is 8.70. The summed E-state index contributed by atoms with van der Waals surface area (Å²) in [6.07, 6.45) is 6.57. The molecule has 1 saturated carbocycles. The lowest BCUT2D eigenvalue weighted by Gasteiger charge is -2.30. The normalized spacial score (nSPS) is 23.9. The average molecular weight is 249 g/mol. The summed E-state index contributed by atoms with van der Waals surface area (Å²) in [5, 5.41) is 12.7. The highest BCUT2D eigenvalue weighted by atomic mass is 16.3. The topological polar surface area (TPSA) is 71.2 Å². The Bertz CT molecular complexity index is 395. The molecule has 1 aromatic heterocycles. The standard InChI is InChI=1S/C14H23N3O/c1-10-6-14(17-8-13(10)15)16-7-11-4-2-3-5-12(11)9-18/h6,8,11-12,18H,2-5,7,9,15H2,1H3,(H,16,17). The van der Waals surface area contributed by atoms with Gasteiger partial charge in [0.05, 0.1) is 11.9 Å². The Kier molecular flexibility index (Phi) is 4.42. The van der Waals surface area contributed by atoms with Crippen LogP contribution in [0.3, 0.4) is 0 Å². The van der Waals surface area contributed by atoms with Crippen LogP contribution in [-0.2, 0) is 0 Å². The molecule has 0 aliphatic heterocycles. The van der Waals surface area contributed by atoms with E-state index in [2.05, 4.69) is 10.3 Å². The number of nitrogens with two attached hydrogens (primary N) is 1. The fourth-order valence-electron chi connectivity index (χ4n) is 2.69. The van der Waals surface area contributed by atoms with Crippen molar-refractivity contribution in [2.75, 3.05) is 24.2 Å². The number of anilines is 2. The summed E-state index contributed by atoms with van der Waals surface area (Å²) in [6, 6.07) is 1.98. The molecule has 2 unspecified atom stereocenters. The maximum atomic E-state index is 9.38. The number of pyridine rings is 1. The molecule has 1 heterocycles. The zero-order chi connectivity index (χ0) is 13.0. The van der Waals surface area contributed by atoms with Crippen molar-refractivity contribution in [2.24, 2.45) is 11.8 Å². The van der Waals surface area contributed by atoms with Gasteiger partial charge in [0.15, 0.2) is 0 Å². The number of aliphatic hydroxyl groups excluding tert-OH is 1. The molecule has 1 fully saturated rings. The van der Waals surface area contributed by atoms with Crippen LogP contribution in [0.25, 0.3) is 0 Å². The first kappa shape index (κ1) is 13.1. The maximum Gasteiger partial charge on any atom is 0.126 e. The maximum absolute atomic E-state index is 9.38. The van der Waals surface area contributed by atoms with Crippen molar-refractivity contribution in [1.29, 1.82) is 0 Å². The second-order valence-corrected chi connectivity index (χ2v) is 5.29. The lowest BCUT2D eigenvalue weighted by Crippen LogP contribution is -2.28. The zero-order valence-corrected chi connectivity index (χ0v) is 11.0. The third-order valence-electron chi connectivity index (χ3n) is 4.00. The van der Waals surface area contributed by atoms with Gasteiger partial charge < -0.3 is 16.2 Å². The van der Waals surface area contributed by atoms with E-state index in [0.29, 0.717) is 18.4 Å². The van der Waals surface area contributed by atoms with Gasteiger partial charge in [0.2, 0.25) is 0 Å². The van der Waals surface area contributed by atoms with Gasteiger partial charge in [-0.2, -0.15) is 0 Å². The minimum absolute atomic E-state index is 0.306. The van der Waals surface area contributed by atoms with Crippen LogP contribution in [0.15, 0.2) is 12.3 Å². The van der Waals surface area contributed by atoms with E-state index >= 15 is 0 Å². The van der Waals surface area contributed by atoms with Gasteiger partial charge in [-0.25, -0.2) is 4.98 Å². The highest BCUT2D eigenvalue weighted by Crippen LogP contribution is 2.29. The van der Waals surface area contributed by atoms with Crippen LogP contribution < -0.4 is 11.1 Å². The van der Waals surface area contributed by atoms with Crippen LogP contribution in [0.1, 0.15) is 31.2 Å². The van der Waals surface area contributed by atoms with Crippen molar-refractivity contribution in [3.8, 4) is 0 Å². The van der Waals surface area contributed by atoms with Gasteiger partial charge in [0, 0.05) is 13.2 Å². The Morgan fingerprint density at radius 3 is 2.78 bits per heavy atom. The van der Waals surface area contributed by atoms with Crippen molar-refractivity contribution >= 4 is 11.5 Å². The Balaban J connectivity index is 1.91. The molecule has 0 aromatic carbocycles. The van der Waals surface area contributed by atoms with Crippen LogP contribution in [0.2, 0.25) is 0 Å². The van der Waals surface area contributed by atoms with Gasteiger partial charge in [-0.15, -0.1) is 0 Å². The molecule has 4 nitrogen and oxygen atoms in total. The second kappa shape index (κ2) is 6.05. The fourth-order valence-corrected chi connectivity index (χ4v) is 2.69. The van der Waals surface area contributed by atoms with Crippen LogP contribution in [0, 0.1) is 18.8 Å². The highest BCUT2D eigenvalue weighted by molar-refractivity contribution is 5.50. The van der Waals surface area contributed by atoms with E-state index in [-0.39, 0.29) is 0 Å². The van der Waals surface area contributed by atoms with E-state index in [9.17, 15) is 5.11 Å². The van der Waals surface area contributed by atoms with E-state index in [1.807, 2.05) is 13.0 Å². The molecule has 0 bridgehead atoms. The Hall–Kier alpha value is -1.29. The average Bonchev–Trinajstić information content (AvgIpc) is 2.40. The largest absolute Gasteiger partial charge is 0.397 e. The molecule has 2 atom stereocenters. The molecule has 0 spiro atoms. The lowest BCUT2D eigenvalue weighted by atomic mass is 9.79. The van der Waals surface area contributed by atoms with Crippen LogP contribution >= 0.6 is 0 Å². The van der Waals surface area contributed by atoms with E-state index in [0.717, 1.165) is 30.0 Å². The number of nitrogen functional groups attached to an aromatic ring is 1. The summed E-state index contributed by atoms with van der Waals surface area (Å²) in [7, 11) is 0. The fraction of sp³-hybridized carbons (Fsp3) is 0.643. The quantitative estimate of drug-likeness (QED) is 0.765. The molecule has 4 heteroatoms. The molecule has 2 rings (SSSR count). The summed E-state index contributed by atoms with van der Waals surface area (Å²) < 4.78 is 0. The predicted molar refractivity (Wildman–Crippen MR) is 74.4 cm³/mol. The van der Waals surface area contributed by atoms with Gasteiger partial charge in [-0.3, -0.25) is 0 Å². The Morgan fingerprint density at radius 1 is 1.39 bits per heavy atom. The summed E-state index contributed by atoms with van der Waals surface area (Å²) >= 11 is 0. The number of hydrogen-bond acceptors (Lipinski definition) is 4. The van der Waals surface area contributed by atoms with E-state index < -0.39 is 0 Å². The number of rotatable bonds is 4. The summed E-state index contributed by atoms with van der Waals surface area (Å²) in [6.45, 7) is 3.18. The first-order valence-corrected chi connectivity index (χ1v) is 6.77. The molecule has 100 valence electrons. The molecule has 1 aliphatic rings. The highest BCUT2D eigenvalue weighted by Gasteiger charge is 2.24. The molecule has 0 saturated heterocycles.